The zero-order chi connectivity index (χ0) is 35.3. The fraction of sp³-hybridized carbons (Fsp3) is 0. The Morgan fingerprint density at radius 1 is 0.462 bits per heavy atom. The van der Waals surface area contributed by atoms with Gasteiger partial charge < -0.3 is 4.57 Å². The van der Waals surface area contributed by atoms with E-state index in [4.69, 9.17) is 13.1 Å². The van der Waals surface area contributed by atoms with Gasteiger partial charge in [-0.05, 0) is 52.1 Å². The van der Waals surface area contributed by atoms with Crippen LogP contribution in [0.3, 0.4) is 0 Å². The van der Waals surface area contributed by atoms with Crippen molar-refractivity contribution < 1.29 is 9.59 Å². The summed E-state index contributed by atoms with van der Waals surface area (Å²) in [5.41, 5.74) is 9.13. The number of para-hydroxylation sites is 2. The number of carbonyl (C=O) groups is 2. The van der Waals surface area contributed by atoms with Crippen LogP contribution in [0.25, 0.3) is 70.6 Å². The summed E-state index contributed by atoms with van der Waals surface area (Å²) in [6.07, 6.45) is 0. The number of nitrogens with zero attached hydrogens (tertiary/aromatic N) is 4. The maximum absolute atomic E-state index is 15.0. The minimum atomic E-state index is -0.412. The largest absolute Gasteiger partial charge is 0.308 e. The molecule has 7 aromatic carbocycles. The van der Waals surface area contributed by atoms with E-state index in [1.807, 2.05) is 144 Å². The number of anilines is 1. The second-order valence-electron chi connectivity index (χ2n) is 12.6. The fourth-order valence-electron chi connectivity index (χ4n) is 7.56. The van der Waals surface area contributed by atoms with Gasteiger partial charge in [0.25, 0.3) is 11.8 Å². The van der Waals surface area contributed by atoms with Gasteiger partial charge in [0.2, 0.25) is 0 Å². The quantitative estimate of drug-likeness (QED) is 0.136. The molecule has 0 radical (unpaired) electrons. The first-order chi connectivity index (χ1) is 25.6. The minimum Gasteiger partial charge on any atom is -0.308 e. The molecule has 0 bridgehead atoms. The molecule has 52 heavy (non-hydrogen) atoms. The molecule has 0 spiro atoms. The summed E-state index contributed by atoms with van der Waals surface area (Å²) in [5, 5.41) is 1.90. The zero-order valence-corrected chi connectivity index (χ0v) is 27.6. The molecule has 8 aromatic rings. The Morgan fingerprint density at radius 2 is 1.10 bits per heavy atom. The molecule has 0 fully saturated rings. The second kappa shape index (κ2) is 12.1. The summed E-state index contributed by atoms with van der Waals surface area (Å²) < 4.78 is 2.04. The lowest BCUT2D eigenvalue weighted by Gasteiger charge is -2.22. The van der Waals surface area contributed by atoms with Crippen LogP contribution in [0.5, 0.6) is 0 Å². The highest BCUT2D eigenvalue weighted by Gasteiger charge is 2.41. The van der Waals surface area contributed by atoms with Crippen LogP contribution in [0.1, 0.15) is 20.7 Å². The number of aromatic nitrogens is 1. The number of carbonyl (C=O) groups excluding carboxylic acids is 2. The van der Waals surface area contributed by atoms with E-state index in [0.717, 1.165) is 49.6 Å². The first-order valence-corrected chi connectivity index (χ1v) is 16.8. The highest BCUT2D eigenvalue weighted by Crippen LogP contribution is 2.46. The lowest BCUT2D eigenvalue weighted by atomic mass is 9.92. The fourth-order valence-corrected chi connectivity index (χ4v) is 7.56. The van der Waals surface area contributed by atoms with Crippen LogP contribution in [-0.4, -0.2) is 16.4 Å². The van der Waals surface area contributed by atoms with E-state index in [0.29, 0.717) is 39.4 Å². The Kier molecular flexibility index (Phi) is 7.10. The maximum atomic E-state index is 15.0. The Bertz CT molecular complexity index is 2860. The lowest BCUT2D eigenvalue weighted by Crippen LogP contribution is -2.30. The van der Waals surface area contributed by atoms with Gasteiger partial charge in [-0.25, -0.2) is 14.6 Å². The van der Waals surface area contributed by atoms with E-state index >= 15 is 0 Å². The summed E-state index contributed by atoms with van der Waals surface area (Å²) in [6, 6.07) is 50.1. The van der Waals surface area contributed by atoms with Crippen LogP contribution in [0.15, 0.2) is 158 Å². The maximum Gasteiger partial charge on any atom is 0.268 e. The molecule has 1 aromatic heterocycles. The molecule has 6 nitrogen and oxygen atoms in total. The SMILES string of the molecule is [C-]#[N+]c1ccc(-c2cccc3c4ccccc4n(-c4cccc5c4C(=O)N(c4cccc(-c6ccccc6)c4-c4ccccc4)C5=O)c23)c([N+]#[C-])c1. The third-order valence-electron chi connectivity index (χ3n) is 9.78. The number of amides is 2. The van der Waals surface area contributed by atoms with Crippen molar-refractivity contribution in [1.29, 1.82) is 0 Å². The molecule has 2 heterocycles. The summed E-state index contributed by atoms with van der Waals surface area (Å²) >= 11 is 0. The van der Waals surface area contributed by atoms with Crippen molar-refractivity contribution in [3.8, 4) is 39.1 Å². The number of benzene rings is 7. The van der Waals surface area contributed by atoms with Crippen LogP contribution in [0.2, 0.25) is 0 Å². The molecule has 0 aliphatic carbocycles. The minimum absolute atomic E-state index is 0.308. The van der Waals surface area contributed by atoms with E-state index in [1.165, 1.54) is 4.90 Å². The van der Waals surface area contributed by atoms with Crippen molar-refractivity contribution in [3.63, 3.8) is 0 Å². The summed E-state index contributed by atoms with van der Waals surface area (Å²) in [6.45, 7) is 15.5. The predicted octanol–water partition coefficient (Wildman–Crippen LogP) is 11.7. The van der Waals surface area contributed by atoms with Gasteiger partial charge in [0.05, 0.1) is 46.7 Å². The molecule has 9 rings (SSSR count). The van der Waals surface area contributed by atoms with E-state index in [9.17, 15) is 9.59 Å². The van der Waals surface area contributed by atoms with Gasteiger partial charge in [0.15, 0.2) is 11.4 Å². The van der Waals surface area contributed by atoms with Gasteiger partial charge in [-0.15, -0.1) is 0 Å². The second-order valence-corrected chi connectivity index (χ2v) is 12.6. The van der Waals surface area contributed by atoms with Gasteiger partial charge in [0.1, 0.15) is 0 Å². The van der Waals surface area contributed by atoms with E-state index in [2.05, 4.69) is 9.69 Å². The zero-order valence-electron chi connectivity index (χ0n) is 27.6. The van der Waals surface area contributed by atoms with Crippen LogP contribution in [0, 0.1) is 13.1 Å². The third kappa shape index (κ3) is 4.56. The number of rotatable bonds is 5. The molecule has 0 saturated heterocycles. The van der Waals surface area contributed by atoms with Gasteiger partial charge in [-0.3, -0.25) is 9.59 Å². The van der Waals surface area contributed by atoms with E-state index in [-0.39, 0.29) is 0 Å². The van der Waals surface area contributed by atoms with Crippen LogP contribution in [0.4, 0.5) is 17.1 Å². The predicted molar refractivity (Wildman–Crippen MR) is 207 cm³/mol. The smallest absolute Gasteiger partial charge is 0.268 e. The molecule has 1 aliphatic heterocycles. The summed E-state index contributed by atoms with van der Waals surface area (Å²) in [7, 11) is 0. The topological polar surface area (TPSA) is 51.0 Å². The van der Waals surface area contributed by atoms with Gasteiger partial charge in [0, 0.05) is 16.3 Å². The van der Waals surface area contributed by atoms with Crippen LogP contribution < -0.4 is 4.90 Å². The van der Waals surface area contributed by atoms with Gasteiger partial charge in [-0.1, -0.05) is 133 Å². The molecule has 242 valence electrons. The van der Waals surface area contributed by atoms with E-state index < -0.39 is 11.8 Å². The normalized spacial score (nSPS) is 12.2. The Labute approximate surface area is 299 Å². The number of hydrogen-bond donors (Lipinski definition) is 0. The number of fused-ring (bicyclic) bond motifs is 4. The lowest BCUT2D eigenvalue weighted by molar-refractivity contribution is 0.0926. The first-order valence-electron chi connectivity index (χ1n) is 16.8. The molecule has 6 heteroatoms. The van der Waals surface area contributed by atoms with Crippen molar-refractivity contribution in [3.05, 3.63) is 192 Å². The Hall–Kier alpha value is -7.54. The van der Waals surface area contributed by atoms with Crippen LogP contribution >= 0.6 is 0 Å². The van der Waals surface area contributed by atoms with Crippen molar-refractivity contribution in [1.82, 2.24) is 4.57 Å². The van der Waals surface area contributed by atoms with E-state index in [1.54, 1.807) is 18.2 Å². The van der Waals surface area contributed by atoms with Crippen molar-refractivity contribution >= 4 is 50.7 Å². The first kappa shape index (κ1) is 30.5. The molecule has 0 atom stereocenters. The molecular formula is C46H26N4O2. The molecule has 0 unspecified atom stereocenters. The van der Waals surface area contributed by atoms with Crippen molar-refractivity contribution in [2.75, 3.05) is 4.90 Å². The molecule has 2 amide bonds. The number of imide groups is 1. The molecule has 0 saturated carbocycles. The van der Waals surface area contributed by atoms with Gasteiger partial charge in [-0.2, -0.15) is 0 Å². The Balaban J connectivity index is 1.30. The standard InChI is InChI=1S/C46H26N4O2/c1-47-31-26-27-33(38(28-31)48-2)35-20-11-21-36-34-18-9-10-23-39(34)49(44(35)36)41-25-13-22-37-43(41)46(52)50(45(37)51)40-24-12-19-32(29-14-5-3-6-15-29)42(40)30-16-7-4-8-17-30/h3-28H. The Morgan fingerprint density at radius 3 is 1.85 bits per heavy atom. The summed E-state index contributed by atoms with van der Waals surface area (Å²) in [4.78, 5) is 38.2. The third-order valence-corrected chi connectivity index (χ3v) is 9.78. The highest BCUT2D eigenvalue weighted by molar-refractivity contribution is 6.37. The van der Waals surface area contributed by atoms with Crippen LogP contribution in [-0.2, 0) is 0 Å². The van der Waals surface area contributed by atoms with Crippen molar-refractivity contribution in [2.45, 2.75) is 0 Å². The molecule has 1 aliphatic rings. The molecule has 0 N–H and O–H groups in total. The average Bonchev–Trinajstić information content (AvgIpc) is 3.68. The monoisotopic (exact) mass is 666 g/mol. The summed E-state index contributed by atoms with van der Waals surface area (Å²) in [5.74, 6) is -0.806. The highest BCUT2D eigenvalue weighted by atomic mass is 16.2. The van der Waals surface area contributed by atoms with Crippen molar-refractivity contribution in [2.24, 2.45) is 0 Å². The van der Waals surface area contributed by atoms with Gasteiger partial charge >= 0.3 is 0 Å². The molecular weight excluding hydrogens is 641 g/mol. The average molecular weight is 667 g/mol. The number of hydrogen-bond acceptors (Lipinski definition) is 2.